The van der Waals surface area contributed by atoms with Gasteiger partial charge >= 0.3 is 0 Å². The predicted molar refractivity (Wildman–Crippen MR) is 71.4 cm³/mol. The highest BCUT2D eigenvalue weighted by molar-refractivity contribution is 5.35. The van der Waals surface area contributed by atoms with Crippen molar-refractivity contribution in [3.8, 4) is 5.75 Å². The lowest BCUT2D eigenvalue weighted by molar-refractivity contribution is 0.401. The van der Waals surface area contributed by atoms with Crippen molar-refractivity contribution in [1.29, 1.82) is 0 Å². The Labute approximate surface area is 104 Å². The molecule has 0 bridgehead atoms. The van der Waals surface area contributed by atoms with E-state index >= 15 is 0 Å². The molecule has 0 amide bonds. The molecule has 1 aliphatic rings. The van der Waals surface area contributed by atoms with Crippen LogP contribution in [0.3, 0.4) is 0 Å². The summed E-state index contributed by atoms with van der Waals surface area (Å²) in [4.78, 5) is 0. The van der Waals surface area contributed by atoms with Crippen LogP contribution < -0.4 is 10.1 Å². The number of para-hydroxylation sites is 1. The van der Waals surface area contributed by atoms with E-state index in [-0.39, 0.29) is 0 Å². The maximum atomic E-state index is 5.38. The number of benzene rings is 1. The van der Waals surface area contributed by atoms with Gasteiger partial charge in [0.1, 0.15) is 5.75 Å². The van der Waals surface area contributed by atoms with Crippen molar-refractivity contribution in [2.24, 2.45) is 5.92 Å². The number of ether oxygens (including phenoxy) is 1. The van der Waals surface area contributed by atoms with Gasteiger partial charge in [0.25, 0.3) is 0 Å². The van der Waals surface area contributed by atoms with Gasteiger partial charge in [0, 0.05) is 11.6 Å². The first-order chi connectivity index (χ1) is 8.31. The molecule has 2 heteroatoms. The van der Waals surface area contributed by atoms with Crippen LogP contribution in [0.1, 0.15) is 44.2 Å². The van der Waals surface area contributed by atoms with Crippen molar-refractivity contribution in [2.45, 2.75) is 38.6 Å². The molecule has 2 nitrogen and oxygen atoms in total. The highest BCUT2D eigenvalue weighted by atomic mass is 16.5. The monoisotopic (exact) mass is 233 g/mol. The van der Waals surface area contributed by atoms with Crippen molar-refractivity contribution in [3.63, 3.8) is 0 Å². The largest absolute Gasteiger partial charge is 0.496 e. The van der Waals surface area contributed by atoms with Crippen molar-refractivity contribution >= 4 is 0 Å². The van der Waals surface area contributed by atoms with Crippen LogP contribution in [0.4, 0.5) is 0 Å². The summed E-state index contributed by atoms with van der Waals surface area (Å²) >= 11 is 0. The second kappa shape index (κ2) is 6.06. The highest BCUT2D eigenvalue weighted by Gasteiger charge is 2.20. The van der Waals surface area contributed by atoms with Gasteiger partial charge in [0.2, 0.25) is 0 Å². The zero-order valence-electron chi connectivity index (χ0n) is 10.9. The fraction of sp³-hybridized carbons (Fsp3) is 0.600. The zero-order chi connectivity index (χ0) is 12.1. The highest BCUT2D eigenvalue weighted by Crippen LogP contribution is 2.33. The molecule has 94 valence electrons. The Kier molecular flexibility index (Phi) is 4.43. The summed E-state index contributed by atoms with van der Waals surface area (Å²) < 4.78 is 5.38. The van der Waals surface area contributed by atoms with Crippen molar-refractivity contribution in [1.82, 2.24) is 5.32 Å². The molecule has 2 rings (SSSR count). The molecular formula is C15H23NO. The van der Waals surface area contributed by atoms with Crippen LogP contribution in [-0.4, -0.2) is 13.7 Å². The minimum absolute atomic E-state index is 0.366. The Hall–Kier alpha value is -1.02. The van der Waals surface area contributed by atoms with E-state index in [9.17, 15) is 0 Å². The van der Waals surface area contributed by atoms with Crippen LogP contribution in [0.15, 0.2) is 24.3 Å². The Morgan fingerprint density at radius 3 is 2.82 bits per heavy atom. The van der Waals surface area contributed by atoms with Crippen LogP contribution >= 0.6 is 0 Å². The molecule has 0 spiro atoms. The van der Waals surface area contributed by atoms with E-state index in [1.807, 2.05) is 12.1 Å². The van der Waals surface area contributed by atoms with Crippen LogP contribution in [0.2, 0.25) is 0 Å². The first kappa shape index (κ1) is 12.4. The lowest BCUT2D eigenvalue weighted by atomic mass is 10.1. The summed E-state index contributed by atoms with van der Waals surface area (Å²) in [5.74, 6) is 2.02. The number of hydrogen-bond donors (Lipinski definition) is 1. The van der Waals surface area contributed by atoms with Gasteiger partial charge in [0.05, 0.1) is 7.11 Å². The molecule has 0 radical (unpaired) electrons. The third-order valence-corrected chi connectivity index (χ3v) is 3.54. The van der Waals surface area contributed by atoms with Gasteiger partial charge < -0.3 is 10.1 Å². The molecule has 1 fully saturated rings. The minimum Gasteiger partial charge on any atom is -0.496 e. The number of rotatable bonds is 7. The predicted octanol–water partition coefficient (Wildman–Crippen LogP) is 3.54. The van der Waals surface area contributed by atoms with Crippen LogP contribution in [0, 0.1) is 5.92 Å². The van der Waals surface area contributed by atoms with E-state index in [1.165, 1.54) is 31.2 Å². The zero-order valence-corrected chi connectivity index (χ0v) is 10.9. The normalized spacial score (nSPS) is 16.8. The Morgan fingerprint density at radius 1 is 1.35 bits per heavy atom. The maximum absolute atomic E-state index is 5.38. The molecule has 1 aliphatic carbocycles. The van der Waals surface area contributed by atoms with Gasteiger partial charge in [-0.2, -0.15) is 0 Å². The van der Waals surface area contributed by atoms with Gasteiger partial charge in [-0.05, 0) is 38.3 Å². The Balaban J connectivity index is 1.78. The first-order valence-corrected chi connectivity index (χ1v) is 6.67. The average molecular weight is 233 g/mol. The first-order valence-electron chi connectivity index (χ1n) is 6.67. The van der Waals surface area contributed by atoms with E-state index in [0.717, 1.165) is 18.2 Å². The molecule has 1 aromatic rings. The van der Waals surface area contributed by atoms with Crippen molar-refractivity contribution in [3.05, 3.63) is 29.8 Å². The van der Waals surface area contributed by atoms with Crippen LogP contribution in [0.25, 0.3) is 0 Å². The third-order valence-electron chi connectivity index (χ3n) is 3.54. The topological polar surface area (TPSA) is 21.3 Å². The quantitative estimate of drug-likeness (QED) is 0.727. The summed E-state index contributed by atoms with van der Waals surface area (Å²) in [7, 11) is 1.73. The fourth-order valence-electron chi connectivity index (χ4n) is 2.25. The second-order valence-electron chi connectivity index (χ2n) is 5.00. The number of hydrogen-bond acceptors (Lipinski definition) is 2. The SMILES string of the molecule is COc1ccccc1C(C)NCCCC1CC1. The molecule has 0 heterocycles. The molecular weight excluding hydrogens is 210 g/mol. The molecule has 17 heavy (non-hydrogen) atoms. The van der Waals surface area contributed by atoms with Crippen LogP contribution in [-0.2, 0) is 0 Å². The lowest BCUT2D eigenvalue weighted by Crippen LogP contribution is -2.20. The summed E-state index contributed by atoms with van der Waals surface area (Å²) in [6.07, 6.45) is 5.61. The average Bonchev–Trinajstić information content (AvgIpc) is 3.18. The third kappa shape index (κ3) is 3.74. The molecule has 1 saturated carbocycles. The molecule has 0 saturated heterocycles. The maximum Gasteiger partial charge on any atom is 0.123 e. The minimum atomic E-state index is 0.366. The van der Waals surface area contributed by atoms with Gasteiger partial charge in [-0.1, -0.05) is 31.0 Å². The fourth-order valence-corrected chi connectivity index (χ4v) is 2.25. The van der Waals surface area contributed by atoms with Crippen LogP contribution in [0.5, 0.6) is 5.75 Å². The number of nitrogens with one attached hydrogen (secondary N) is 1. The summed E-state index contributed by atoms with van der Waals surface area (Å²) in [5, 5.41) is 3.58. The molecule has 0 aromatic heterocycles. The summed E-state index contributed by atoms with van der Waals surface area (Å²) in [6, 6.07) is 8.61. The smallest absolute Gasteiger partial charge is 0.123 e. The van der Waals surface area contributed by atoms with Gasteiger partial charge in [0.15, 0.2) is 0 Å². The van der Waals surface area contributed by atoms with E-state index in [0.29, 0.717) is 6.04 Å². The van der Waals surface area contributed by atoms with Gasteiger partial charge in [-0.25, -0.2) is 0 Å². The Morgan fingerprint density at radius 2 is 2.12 bits per heavy atom. The standard InChI is InChI=1S/C15H23NO/c1-12(16-11-5-6-13-9-10-13)14-7-3-4-8-15(14)17-2/h3-4,7-8,12-13,16H,5-6,9-11H2,1-2H3. The summed E-state index contributed by atoms with van der Waals surface area (Å²) in [5.41, 5.74) is 1.25. The van der Waals surface area contributed by atoms with E-state index in [1.54, 1.807) is 7.11 Å². The van der Waals surface area contributed by atoms with Crippen molar-refractivity contribution in [2.75, 3.05) is 13.7 Å². The lowest BCUT2D eigenvalue weighted by Gasteiger charge is -2.17. The number of methoxy groups -OCH3 is 1. The van der Waals surface area contributed by atoms with E-state index in [2.05, 4.69) is 24.4 Å². The molecule has 1 aromatic carbocycles. The summed E-state index contributed by atoms with van der Waals surface area (Å²) in [6.45, 7) is 3.31. The van der Waals surface area contributed by atoms with E-state index in [4.69, 9.17) is 4.74 Å². The Bertz CT molecular complexity index is 347. The second-order valence-corrected chi connectivity index (χ2v) is 5.00. The molecule has 1 atom stereocenters. The molecule has 1 unspecified atom stereocenters. The van der Waals surface area contributed by atoms with Crippen molar-refractivity contribution < 1.29 is 4.74 Å². The van der Waals surface area contributed by atoms with E-state index < -0.39 is 0 Å². The van der Waals surface area contributed by atoms with Gasteiger partial charge in [-0.15, -0.1) is 0 Å². The molecule has 0 aliphatic heterocycles. The molecule has 1 N–H and O–H groups in total. The van der Waals surface area contributed by atoms with Gasteiger partial charge in [-0.3, -0.25) is 0 Å².